The summed E-state index contributed by atoms with van der Waals surface area (Å²) in [7, 11) is 1.58. The molecule has 1 N–H and O–H groups in total. The second-order valence-corrected chi connectivity index (χ2v) is 7.15. The summed E-state index contributed by atoms with van der Waals surface area (Å²) in [5.41, 5.74) is 2.31. The number of rotatable bonds is 4. The first-order chi connectivity index (χ1) is 13.7. The van der Waals surface area contributed by atoms with Crippen molar-refractivity contribution in [3.8, 4) is 5.75 Å². The molecule has 4 rings (SSSR count). The minimum absolute atomic E-state index is 0.0803. The van der Waals surface area contributed by atoms with Gasteiger partial charge in [-0.2, -0.15) is 0 Å². The molecule has 1 aromatic carbocycles. The average molecular weight is 384 g/mol. The maximum Gasteiger partial charge on any atom is 0.321 e. The zero-order valence-corrected chi connectivity index (χ0v) is 15.9. The van der Waals surface area contributed by atoms with Crippen molar-refractivity contribution in [2.45, 2.75) is 31.6 Å². The Labute approximate surface area is 163 Å². The second kappa shape index (κ2) is 7.92. The van der Waals surface area contributed by atoms with E-state index in [2.05, 4.69) is 10.5 Å². The predicted octanol–water partition coefficient (Wildman–Crippen LogP) is 3.22. The number of nitrogens with one attached hydrogen (secondary N) is 1. The number of carbonyl (C=O) groups is 2. The fourth-order valence-electron chi connectivity index (χ4n) is 3.89. The Morgan fingerprint density at radius 3 is 2.71 bits per heavy atom. The molecular formula is C20H24N4O4. The minimum Gasteiger partial charge on any atom is -0.495 e. The van der Waals surface area contributed by atoms with E-state index in [-0.39, 0.29) is 11.9 Å². The molecule has 0 aliphatic carbocycles. The van der Waals surface area contributed by atoms with Gasteiger partial charge < -0.3 is 24.4 Å². The molecule has 148 valence electrons. The van der Waals surface area contributed by atoms with Gasteiger partial charge in [-0.05, 0) is 37.5 Å². The molecule has 28 heavy (non-hydrogen) atoms. The number of nitrogens with zero attached hydrogens (tertiary/aromatic N) is 3. The van der Waals surface area contributed by atoms with Crippen molar-refractivity contribution in [2.75, 3.05) is 37.0 Å². The monoisotopic (exact) mass is 384 g/mol. The Morgan fingerprint density at radius 2 is 2.07 bits per heavy atom. The van der Waals surface area contributed by atoms with E-state index in [0.717, 1.165) is 25.0 Å². The molecule has 0 saturated carbocycles. The summed E-state index contributed by atoms with van der Waals surface area (Å²) in [6.45, 7) is 2.00. The number of methoxy groups -OCH3 is 1. The molecule has 0 bridgehead atoms. The Hall–Kier alpha value is -3.03. The lowest BCUT2D eigenvalue weighted by Crippen LogP contribution is -2.40. The van der Waals surface area contributed by atoms with Gasteiger partial charge in [0.2, 0.25) is 5.91 Å². The van der Waals surface area contributed by atoms with Crippen LogP contribution in [0, 0.1) is 0 Å². The zero-order chi connectivity index (χ0) is 19.5. The Morgan fingerprint density at radius 1 is 1.25 bits per heavy atom. The van der Waals surface area contributed by atoms with Gasteiger partial charge in [-0.1, -0.05) is 5.16 Å². The third kappa shape index (κ3) is 3.67. The zero-order valence-electron chi connectivity index (χ0n) is 15.9. The van der Waals surface area contributed by atoms with Crippen molar-refractivity contribution in [2.24, 2.45) is 0 Å². The van der Waals surface area contributed by atoms with Crippen LogP contribution in [0.5, 0.6) is 5.75 Å². The number of carbonyl (C=O) groups excluding carboxylic acids is 2. The Bertz CT molecular complexity index is 844. The van der Waals surface area contributed by atoms with Crippen molar-refractivity contribution in [1.82, 2.24) is 10.1 Å². The SMILES string of the molecule is COc1ccc(NC(=O)N2CCC(c3ccon3)CC2)cc1N1CCCC1=O. The van der Waals surface area contributed by atoms with Crippen molar-refractivity contribution in [3.63, 3.8) is 0 Å². The summed E-state index contributed by atoms with van der Waals surface area (Å²) in [5.74, 6) is 1.04. The number of likely N-dealkylation sites (tertiary alicyclic amines) is 1. The summed E-state index contributed by atoms with van der Waals surface area (Å²) in [4.78, 5) is 28.3. The number of benzene rings is 1. The molecular weight excluding hydrogens is 360 g/mol. The summed E-state index contributed by atoms with van der Waals surface area (Å²) < 4.78 is 10.3. The standard InChI is InChI=1S/C20H24N4O4/c1-27-18-5-4-15(13-17(18)24-9-2-3-19(24)25)21-20(26)23-10-6-14(7-11-23)16-8-12-28-22-16/h4-5,8,12-14H,2-3,6-7,9-11H2,1H3,(H,21,26). The highest BCUT2D eigenvalue weighted by atomic mass is 16.5. The van der Waals surface area contributed by atoms with E-state index in [1.165, 1.54) is 0 Å². The van der Waals surface area contributed by atoms with Crippen molar-refractivity contribution >= 4 is 23.3 Å². The normalized spacial score (nSPS) is 17.8. The molecule has 3 heterocycles. The molecule has 1 aromatic heterocycles. The predicted molar refractivity (Wildman–Crippen MR) is 104 cm³/mol. The highest BCUT2D eigenvalue weighted by Gasteiger charge is 2.27. The fourth-order valence-corrected chi connectivity index (χ4v) is 3.89. The molecule has 2 aliphatic heterocycles. The van der Waals surface area contributed by atoms with E-state index in [1.54, 1.807) is 30.4 Å². The Balaban J connectivity index is 1.41. The number of hydrogen-bond acceptors (Lipinski definition) is 5. The van der Waals surface area contributed by atoms with Crippen LogP contribution in [0.1, 0.15) is 37.3 Å². The largest absolute Gasteiger partial charge is 0.495 e. The van der Waals surface area contributed by atoms with Gasteiger partial charge in [0.15, 0.2) is 0 Å². The van der Waals surface area contributed by atoms with Gasteiger partial charge in [-0.15, -0.1) is 0 Å². The fraction of sp³-hybridized carbons (Fsp3) is 0.450. The van der Waals surface area contributed by atoms with Crippen LogP contribution >= 0.6 is 0 Å². The van der Waals surface area contributed by atoms with Crippen LogP contribution in [-0.4, -0.2) is 48.7 Å². The topological polar surface area (TPSA) is 87.9 Å². The first kappa shape index (κ1) is 18.3. The number of ether oxygens (including phenoxy) is 1. The van der Waals surface area contributed by atoms with Gasteiger partial charge in [-0.25, -0.2) is 4.79 Å². The van der Waals surface area contributed by atoms with E-state index in [4.69, 9.17) is 9.26 Å². The first-order valence-electron chi connectivity index (χ1n) is 9.60. The Kier molecular flexibility index (Phi) is 5.18. The molecule has 2 aliphatic rings. The average Bonchev–Trinajstić information content (AvgIpc) is 3.40. The van der Waals surface area contributed by atoms with Gasteiger partial charge >= 0.3 is 6.03 Å². The van der Waals surface area contributed by atoms with Gasteiger partial charge in [0.05, 0.1) is 18.5 Å². The number of amides is 3. The van der Waals surface area contributed by atoms with E-state index in [0.29, 0.717) is 49.1 Å². The maximum absolute atomic E-state index is 12.7. The summed E-state index contributed by atoms with van der Waals surface area (Å²) in [6.07, 6.45) is 4.67. The van der Waals surface area contributed by atoms with Crippen LogP contribution in [0.15, 0.2) is 35.1 Å². The van der Waals surface area contributed by atoms with Crippen molar-refractivity contribution in [1.29, 1.82) is 0 Å². The van der Waals surface area contributed by atoms with Crippen molar-refractivity contribution in [3.05, 3.63) is 36.2 Å². The summed E-state index contributed by atoms with van der Waals surface area (Å²) >= 11 is 0. The van der Waals surface area contributed by atoms with Gasteiger partial charge in [-0.3, -0.25) is 4.79 Å². The molecule has 0 unspecified atom stereocenters. The van der Waals surface area contributed by atoms with E-state index in [1.807, 2.05) is 17.0 Å². The minimum atomic E-state index is -0.137. The van der Waals surface area contributed by atoms with E-state index >= 15 is 0 Å². The summed E-state index contributed by atoms with van der Waals surface area (Å²) in [6, 6.07) is 7.14. The van der Waals surface area contributed by atoms with Gasteiger partial charge in [0.25, 0.3) is 0 Å². The molecule has 3 amide bonds. The lowest BCUT2D eigenvalue weighted by molar-refractivity contribution is -0.117. The summed E-state index contributed by atoms with van der Waals surface area (Å²) in [5, 5.41) is 6.96. The number of piperidine rings is 1. The highest BCUT2D eigenvalue weighted by Crippen LogP contribution is 2.34. The molecule has 0 spiro atoms. The lowest BCUT2D eigenvalue weighted by Gasteiger charge is -2.31. The van der Waals surface area contributed by atoms with Crippen LogP contribution < -0.4 is 15.0 Å². The number of urea groups is 1. The third-order valence-electron chi connectivity index (χ3n) is 5.45. The van der Waals surface area contributed by atoms with E-state index < -0.39 is 0 Å². The number of anilines is 2. The highest BCUT2D eigenvalue weighted by molar-refractivity contribution is 5.98. The van der Waals surface area contributed by atoms with E-state index in [9.17, 15) is 9.59 Å². The van der Waals surface area contributed by atoms with Crippen LogP contribution in [0.25, 0.3) is 0 Å². The van der Waals surface area contributed by atoms with Crippen molar-refractivity contribution < 1.29 is 18.8 Å². The second-order valence-electron chi connectivity index (χ2n) is 7.15. The molecule has 0 radical (unpaired) electrons. The third-order valence-corrected chi connectivity index (χ3v) is 5.45. The molecule has 8 nitrogen and oxygen atoms in total. The molecule has 2 fully saturated rings. The van der Waals surface area contributed by atoms with Crippen LogP contribution in [0.3, 0.4) is 0 Å². The van der Waals surface area contributed by atoms with Crippen LogP contribution in [0.2, 0.25) is 0 Å². The van der Waals surface area contributed by atoms with Gasteiger partial charge in [0, 0.05) is 43.7 Å². The quantitative estimate of drug-likeness (QED) is 0.874. The molecule has 0 atom stereocenters. The molecule has 2 saturated heterocycles. The van der Waals surface area contributed by atoms with Crippen LogP contribution in [-0.2, 0) is 4.79 Å². The molecule has 2 aromatic rings. The lowest BCUT2D eigenvalue weighted by atomic mass is 9.94. The van der Waals surface area contributed by atoms with Crippen LogP contribution in [0.4, 0.5) is 16.2 Å². The number of hydrogen-bond donors (Lipinski definition) is 1. The first-order valence-corrected chi connectivity index (χ1v) is 9.60. The maximum atomic E-state index is 12.7. The van der Waals surface area contributed by atoms with Gasteiger partial charge in [0.1, 0.15) is 12.0 Å². The number of aromatic nitrogens is 1. The smallest absolute Gasteiger partial charge is 0.321 e. The molecule has 8 heteroatoms.